The number of nitrogens with one attached hydrogen (secondary N) is 1. The van der Waals surface area contributed by atoms with Gasteiger partial charge in [-0.25, -0.2) is 0 Å². The van der Waals surface area contributed by atoms with Gasteiger partial charge in [0.05, 0.1) is 11.6 Å². The summed E-state index contributed by atoms with van der Waals surface area (Å²) in [6, 6.07) is 7.55. The predicted molar refractivity (Wildman–Crippen MR) is 96.6 cm³/mol. The van der Waals surface area contributed by atoms with Crippen LogP contribution in [-0.4, -0.2) is 39.2 Å². The summed E-state index contributed by atoms with van der Waals surface area (Å²) in [6.07, 6.45) is -0.544. The number of hydrogen-bond donors (Lipinski definition) is 4. The molecule has 0 radical (unpaired) electrons. The minimum absolute atomic E-state index is 0.0154. The number of rotatable bonds is 9. The summed E-state index contributed by atoms with van der Waals surface area (Å²) in [4.78, 5) is 31.6. The lowest BCUT2D eigenvalue weighted by molar-refractivity contribution is -0.142. The summed E-state index contributed by atoms with van der Waals surface area (Å²) in [7, 11) is -3.16. The summed E-state index contributed by atoms with van der Waals surface area (Å²) in [5.74, 6) is -3.58. The number of hydrogen-bond acceptors (Lipinski definition) is 4. The number of carbonyl (C=O) groups is 2. The molecule has 0 fully saturated rings. The Kier molecular flexibility index (Phi) is 7.64. The monoisotopic (exact) mass is 371 g/mol. The SMILES string of the molecule is CC(C)(C)c1cccc(NCC(C(CCC(=O)O)C(=O)O)[PH](=O)O)c1. The van der Waals surface area contributed by atoms with Crippen molar-refractivity contribution in [3.63, 3.8) is 0 Å². The number of aliphatic carboxylic acids is 2. The van der Waals surface area contributed by atoms with E-state index in [0.717, 1.165) is 11.3 Å². The van der Waals surface area contributed by atoms with Gasteiger partial charge in [-0.05, 0) is 29.5 Å². The molecule has 7 nitrogen and oxygen atoms in total. The number of benzene rings is 1. The Labute approximate surface area is 147 Å². The normalized spacial score (nSPS) is 15.2. The molecule has 0 amide bonds. The Morgan fingerprint density at radius 1 is 1.24 bits per heavy atom. The lowest BCUT2D eigenvalue weighted by Crippen LogP contribution is -2.32. The van der Waals surface area contributed by atoms with Gasteiger partial charge in [0, 0.05) is 18.7 Å². The molecule has 0 saturated heterocycles. The minimum Gasteiger partial charge on any atom is -0.481 e. The largest absolute Gasteiger partial charge is 0.481 e. The van der Waals surface area contributed by atoms with Crippen molar-refractivity contribution in [3.05, 3.63) is 29.8 Å². The van der Waals surface area contributed by atoms with Crippen LogP contribution in [0.3, 0.4) is 0 Å². The van der Waals surface area contributed by atoms with E-state index in [2.05, 4.69) is 26.1 Å². The summed E-state index contributed by atoms with van der Waals surface area (Å²) in [6.45, 7) is 6.17. The molecule has 4 N–H and O–H groups in total. The van der Waals surface area contributed by atoms with Crippen molar-refractivity contribution >= 4 is 25.7 Å². The zero-order valence-corrected chi connectivity index (χ0v) is 15.7. The molecule has 1 aromatic rings. The summed E-state index contributed by atoms with van der Waals surface area (Å²) < 4.78 is 11.7. The van der Waals surface area contributed by atoms with Crippen molar-refractivity contribution in [2.45, 2.75) is 44.7 Å². The first-order valence-corrected chi connectivity index (χ1v) is 9.47. The Hall–Kier alpha value is -1.85. The highest BCUT2D eigenvalue weighted by Gasteiger charge is 2.32. The Bertz CT molecular complexity index is 640. The Balaban J connectivity index is 2.89. The molecule has 0 aliphatic rings. The first-order valence-electron chi connectivity index (χ1n) is 8.04. The van der Waals surface area contributed by atoms with Gasteiger partial charge >= 0.3 is 11.9 Å². The van der Waals surface area contributed by atoms with Crippen molar-refractivity contribution in [3.8, 4) is 0 Å². The second kappa shape index (κ2) is 9.02. The fraction of sp³-hybridized carbons (Fsp3) is 0.529. The van der Waals surface area contributed by atoms with Gasteiger partial charge in [0.15, 0.2) is 8.03 Å². The van der Waals surface area contributed by atoms with Gasteiger partial charge in [-0.1, -0.05) is 32.9 Å². The molecular weight excluding hydrogens is 345 g/mol. The molecule has 0 aliphatic carbocycles. The Morgan fingerprint density at radius 3 is 2.36 bits per heavy atom. The van der Waals surface area contributed by atoms with Gasteiger partial charge in [0.1, 0.15) is 0 Å². The van der Waals surface area contributed by atoms with Crippen LogP contribution in [0.5, 0.6) is 0 Å². The standard InChI is InChI=1S/C17H26NO6P/c1-17(2,3)11-5-4-6-12(9-11)18-10-14(25(23)24)13(16(21)22)7-8-15(19)20/h4-6,9,13-14,18,25H,7-8,10H2,1-3H3,(H,19,20)(H,21,22)(H,23,24). The molecule has 0 bridgehead atoms. The second-order valence-corrected chi connectivity index (χ2v) is 8.45. The van der Waals surface area contributed by atoms with Crippen molar-refractivity contribution < 1.29 is 29.3 Å². The molecular formula is C17H26NO6P. The summed E-state index contributed by atoms with van der Waals surface area (Å²) in [5, 5.41) is 21.1. The van der Waals surface area contributed by atoms with E-state index in [9.17, 15) is 24.2 Å². The van der Waals surface area contributed by atoms with E-state index in [1.54, 1.807) is 6.07 Å². The summed E-state index contributed by atoms with van der Waals surface area (Å²) in [5.41, 5.74) is 0.696. The van der Waals surface area contributed by atoms with Crippen LogP contribution in [0, 0.1) is 5.92 Å². The zero-order valence-electron chi connectivity index (χ0n) is 14.7. The highest BCUT2D eigenvalue weighted by molar-refractivity contribution is 7.39. The van der Waals surface area contributed by atoms with Gasteiger partial charge < -0.3 is 20.4 Å². The van der Waals surface area contributed by atoms with Gasteiger partial charge in [-0.2, -0.15) is 0 Å². The molecule has 0 saturated carbocycles. The molecule has 1 aromatic carbocycles. The van der Waals surface area contributed by atoms with Gasteiger partial charge in [0.2, 0.25) is 0 Å². The maximum absolute atomic E-state index is 11.7. The molecule has 140 valence electrons. The van der Waals surface area contributed by atoms with Crippen LogP contribution in [0.4, 0.5) is 5.69 Å². The van der Waals surface area contributed by atoms with Crippen LogP contribution in [-0.2, 0) is 19.6 Å². The van der Waals surface area contributed by atoms with E-state index in [4.69, 9.17) is 5.11 Å². The van der Waals surface area contributed by atoms with Crippen LogP contribution in [0.1, 0.15) is 39.2 Å². The third-order valence-electron chi connectivity index (χ3n) is 4.04. The fourth-order valence-electron chi connectivity index (χ4n) is 2.50. The highest BCUT2D eigenvalue weighted by Crippen LogP contribution is 2.33. The average molecular weight is 371 g/mol. The quantitative estimate of drug-likeness (QED) is 0.492. The highest BCUT2D eigenvalue weighted by atomic mass is 31.1. The Morgan fingerprint density at radius 2 is 1.88 bits per heavy atom. The molecule has 0 heterocycles. The first kappa shape index (κ1) is 21.2. The second-order valence-electron chi connectivity index (χ2n) is 7.03. The third-order valence-corrected chi connectivity index (χ3v) is 5.28. The van der Waals surface area contributed by atoms with Crippen molar-refractivity contribution in [2.24, 2.45) is 5.92 Å². The molecule has 0 aliphatic heterocycles. The molecule has 8 heteroatoms. The first-order chi connectivity index (χ1) is 11.5. The smallest absolute Gasteiger partial charge is 0.307 e. The molecule has 0 spiro atoms. The van der Waals surface area contributed by atoms with Crippen LogP contribution in [0.2, 0.25) is 0 Å². The van der Waals surface area contributed by atoms with E-state index in [1.807, 2.05) is 18.2 Å². The van der Waals surface area contributed by atoms with Crippen molar-refractivity contribution in [2.75, 3.05) is 11.9 Å². The van der Waals surface area contributed by atoms with E-state index in [1.165, 1.54) is 0 Å². The molecule has 0 aromatic heterocycles. The summed E-state index contributed by atoms with van der Waals surface area (Å²) >= 11 is 0. The van der Waals surface area contributed by atoms with Crippen LogP contribution in [0.15, 0.2) is 24.3 Å². The number of anilines is 1. The van der Waals surface area contributed by atoms with Gasteiger partial charge in [-0.3, -0.25) is 14.2 Å². The van der Waals surface area contributed by atoms with Crippen LogP contribution in [0.25, 0.3) is 0 Å². The number of carboxylic acid groups (broad SMARTS) is 2. The maximum atomic E-state index is 11.7. The van der Waals surface area contributed by atoms with Crippen LogP contribution >= 0.6 is 8.03 Å². The van der Waals surface area contributed by atoms with E-state index in [-0.39, 0.29) is 24.8 Å². The lowest BCUT2D eigenvalue weighted by Gasteiger charge is -2.23. The molecule has 1 rings (SSSR count). The van der Waals surface area contributed by atoms with Crippen molar-refractivity contribution in [1.82, 2.24) is 0 Å². The maximum Gasteiger partial charge on any atom is 0.307 e. The van der Waals surface area contributed by atoms with Gasteiger partial charge in [-0.15, -0.1) is 0 Å². The van der Waals surface area contributed by atoms with Gasteiger partial charge in [0.25, 0.3) is 0 Å². The fourth-order valence-corrected chi connectivity index (χ4v) is 3.43. The van der Waals surface area contributed by atoms with E-state index >= 15 is 0 Å². The average Bonchev–Trinajstić information content (AvgIpc) is 2.48. The lowest BCUT2D eigenvalue weighted by atomic mass is 9.87. The van der Waals surface area contributed by atoms with Crippen LogP contribution < -0.4 is 5.32 Å². The number of carboxylic acids is 2. The zero-order chi connectivity index (χ0) is 19.2. The molecule has 25 heavy (non-hydrogen) atoms. The predicted octanol–water partition coefficient (Wildman–Crippen LogP) is 2.80. The van der Waals surface area contributed by atoms with E-state index in [0.29, 0.717) is 0 Å². The molecule has 3 unspecified atom stereocenters. The van der Waals surface area contributed by atoms with E-state index < -0.39 is 31.5 Å². The topological polar surface area (TPSA) is 124 Å². The minimum atomic E-state index is -3.16. The van der Waals surface area contributed by atoms with Crippen molar-refractivity contribution in [1.29, 1.82) is 0 Å². The molecule has 3 atom stereocenters. The third kappa shape index (κ3) is 6.88.